The monoisotopic (exact) mass is 274 g/mol. The minimum atomic E-state index is 0.636. The molecule has 112 valence electrons. The summed E-state index contributed by atoms with van der Waals surface area (Å²) in [5.41, 5.74) is 1.46. The smallest absolute Gasteiger partial charge is 0.225 e. The Hall–Kier alpha value is -0.210. The average molecular weight is 274 g/mol. The van der Waals surface area contributed by atoms with E-state index in [1.807, 2.05) is 0 Å². The van der Waals surface area contributed by atoms with Crippen molar-refractivity contribution in [1.82, 2.24) is 9.62 Å². The molecule has 3 rings (SSSR count). The van der Waals surface area contributed by atoms with E-state index in [9.17, 15) is 0 Å². The van der Waals surface area contributed by atoms with Gasteiger partial charge in [-0.15, -0.1) is 0 Å². The standard InChI is InChI=1S/C16H32B2N2/c1-11(2)19(12(3)4)17-15-9-10-16(17)18(15)20(13(5)6)14(7)8/h9-16H,1-8H3. The second kappa shape index (κ2) is 5.88. The van der Waals surface area contributed by atoms with Gasteiger partial charge in [-0.3, -0.25) is 0 Å². The van der Waals surface area contributed by atoms with Gasteiger partial charge in [-0.2, -0.15) is 0 Å². The lowest BCUT2D eigenvalue weighted by atomic mass is 9.07. The lowest BCUT2D eigenvalue weighted by molar-refractivity contribution is 0.279. The molecule has 1 saturated heterocycles. The molecule has 0 amide bonds. The second-order valence-corrected chi connectivity index (χ2v) is 7.79. The van der Waals surface area contributed by atoms with Crippen LogP contribution in [-0.4, -0.2) is 47.5 Å². The van der Waals surface area contributed by atoms with Crippen LogP contribution in [0.2, 0.25) is 11.4 Å². The van der Waals surface area contributed by atoms with Crippen LogP contribution < -0.4 is 0 Å². The van der Waals surface area contributed by atoms with E-state index in [4.69, 9.17) is 0 Å². The molecule has 0 aliphatic carbocycles. The maximum absolute atomic E-state index is 2.73. The van der Waals surface area contributed by atoms with E-state index in [-0.39, 0.29) is 0 Å². The highest BCUT2D eigenvalue weighted by Crippen LogP contribution is 2.53. The molecular weight excluding hydrogens is 242 g/mol. The molecule has 3 heterocycles. The van der Waals surface area contributed by atoms with Gasteiger partial charge in [-0.25, -0.2) is 0 Å². The highest BCUT2D eigenvalue weighted by atomic mass is 15.2. The van der Waals surface area contributed by atoms with E-state index >= 15 is 0 Å². The van der Waals surface area contributed by atoms with Crippen LogP contribution in [0.25, 0.3) is 0 Å². The van der Waals surface area contributed by atoms with Crippen LogP contribution >= 0.6 is 0 Å². The molecule has 0 unspecified atom stereocenters. The zero-order valence-corrected chi connectivity index (χ0v) is 14.7. The summed E-state index contributed by atoms with van der Waals surface area (Å²) in [5, 5.41) is 0. The van der Waals surface area contributed by atoms with Gasteiger partial charge in [0.2, 0.25) is 13.7 Å². The molecule has 3 aliphatic heterocycles. The third kappa shape index (κ3) is 2.50. The van der Waals surface area contributed by atoms with E-state index in [1.165, 1.54) is 0 Å². The van der Waals surface area contributed by atoms with Gasteiger partial charge in [0.25, 0.3) is 0 Å². The van der Waals surface area contributed by atoms with Crippen molar-refractivity contribution in [2.45, 2.75) is 91.0 Å². The fraction of sp³-hybridized carbons (Fsp3) is 0.875. The fourth-order valence-electron chi connectivity index (χ4n) is 4.85. The van der Waals surface area contributed by atoms with Gasteiger partial charge in [-0.05, 0) is 35.6 Å². The van der Waals surface area contributed by atoms with E-state index in [0.717, 1.165) is 25.1 Å². The quantitative estimate of drug-likeness (QED) is 0.539. The Kier molecular flexibility index (Phi) is 4.76. The third-order valence-electron chi connectivity index (χ3n) is 5.21. The lowest BCUT2D eigenvalue weighted by Crippen LogP contribution is -2.69. The van der Waals surface area contributed by atoms with Gasteiger partial charge in [0.15, 0.2) is 0 Å². The van der Waals surface area contributed by atoms with Gasteiger partial charge in [0, 0.05) is 0 Å². The van der Waals surface area contributed by atoms with E-state index in [0.29, 0.717) is 24.2 Å². The summed E-state index contributed by atoms with van der Waals surface area (Å²) < 4.78 is 0. The normalized spacial score (nSPS) is 25.3. The Bertz CT molecular complexity index is 307. The molecular formula is C16H32B2N2. The van der Waals surface area contributed by atoms with Crippen LogP contribution in [0.3, 0.4) is 0 Å². The summed E-state index contributed by atoms with van der Waals surface area (Å²) in [6, 6.07) is 2.55. The molecule has 0 atom stereocenters. The minimum absolute atomic E-state index is 0.636. The number of nitrogens with zero attached hydrogens (tertiary/aromatic N) is 2. The minimum Gasteiger partial charge on any atom is -0.338 e. The first kappa shape index (κ1) is 16.2. The Morgan fingerprint density at radius 1 is 0.600 bits per heavy atom. The van der Waals surface area contributed by atoms with Crippen LogP contribution in [-0.2, 0) is 0 Å². The van der Waals surface area contributed by atoms with Crippen molar-refractivity contribution in [3.63, 3.8) is 0 Å². The molecule has 0 radical (unpaired) electrons. The highest BCUT2D eigenvalue weighted by Gasteiger charge is 2.62. The first-order chi connectivity index (χ1) is 9.27. The molecule has 0 aromatic rings. The molecule has 4 heteroatoms. The molecule has 0 spiro atoms. The van der Waals surface area contributed by atoms with Crippen molar-refractivity contribution in [2.75, 3.05) is 0 Å². The Morgan fingerprint density at radius 3 is 1.05 bits per heavy atom. The van der Waals surface area contributed by atoms with Crippen molar-refractivity contribution in [3.05, 3.63) is 12.2 Å². The van der Waals surface area contributed by atoms with Gasteiger partial charge in [0.1, 0.15) is 0 Å². The number of hydrogen-bond donors (Lipinski definition) is 0. The van der Waals surface area contributed by atoms with Gasteiger partial charge < -0.3 is 9.62 Å². The average Bonchev–Trinajstić information content (AvgIpc) is 2.87. The van der Waals surface area contributed by atoms with Crippen LogP contribution in [0.1, 0.15) is 55.4 Å². The second-order valence-electron chi connectivity index (χ2n) is 7.79. The first-order valence-electron chi connectivity index (χ1n) is 8.50. The summed E-state index contributed by atoms with van der Waals surface area (Å²) >= 11 is 0. The molecule has 2 nitrogen and oxygen atoms in total. The zero-order chi connectivity index (χ0) is 15.2. The van der Waals surface area contributed by atoms with Crippen LogP contribution in [0, 0.1) is 0 Å². The van der Waals surface area contributed by atoms with Crippen LogP contribution in [0.15, 0.2) is 12.2 Å². The zero-order valence-electron chi connectivity index (χ0n) is 14.7. The molecule has 0 aromatic heterocycles. The number of hydrogen-bond acceptors (Lipinski definition) is 2. The highest BCUT2D eigenvalue weighted by molar-refractivity contribution is 6.99. The van der Waals surface area contributed by atoms with Crippen molar-refractivity contribution in [3.8, 4) is 0 Å². The summed E-state index contributed by atoms with van der Waals surface area (Å²) in [6.07, 6.45) is 4.99. The Balaban J connectivity index is 2.14. The first-order valence-corrected chi connectivity index (χ1v) is 8.50. The van der Waals surface area contributed by atoms with Gasteiger partial charge in [0.05, 0.1) is 0 Å². The third-order valence-corrected chi connectivity index (χ3v) is 5.21. The summed E-state index contributed by atoms with van der Waals surface area (Å²) in [4.78, 5) is 5.45. The molecule has 3 aliphatic rings. The predicted octanol–water partition coefficient (Wildman–Crippen LogP) is 3.61. The molecule has 2 bridgehead atoms. The van der Waals surface area contributed by atoms with Crippen molar-refractivity contribution in [2.24, 2.45) is 0 Å². The largest absolute Gasteiger partial charge is 0.338 e. The predicted molar refractivity (Wildman–Crippen MR) is 92.4 cm³/mol. The molecule has 0 aromatic carbocycles. The Labute approximate surface area is 127 Å². The molecule has 1 fully saturated rings. The Morgan fingerprint density at radius 2 is 0.850 bits per heavy atom. The number of allylic oxidation sites excluding steroid dienone is 2. The van der Waals surface area contributed by atoms with Crippen molar-refractivity contribution < 1.29 is 0 Å². The van der Waals surface area contributed by atoms with E-state index in [2.05, 4.69) is 77.2 Å². The summed E-state index contributed by atoms with van der Waals surface area (Å²) in [5.74, 6) is 0. The molecule has 0 saturated carbocycles. The summed E-state index contributed by atoms with van der Waals surface area (Å²) in [7, 11) is 0. The van der Waals surface area contributed by atoms with Crippen LogP contribution in [0.4, 0.5) is 0 Å². The maximum atomic E-state index is 2.73. The van der Waals surface area contributed by atoms with Crippen molar-refractivity contribution >= 4 is 13.7 Å². The topological polar surface area (TPSA) is 6.48 Å². The maximum Gasteiger partial charge on any atom is 0.225 e. The van der Waals surface area contributed by atoms with E-state index in [1.54, 1.807) is 0 Å². The molecule has 0 N–H and O–H groups in total. The SMILES string of the molecule is CC(C)N(B1C2C=CC1B2N(C(C)C)C(C)C)C(C)C. The number of rotatable bonds is 6. The van der Waals surface area contributed by atoms with Gasteiger partial charge >= 0.3 is 0 Å². The van der Waals surface area contributed by atoms with Crippen molar-refractivity contribution in [1.29, 1.82) is 0 Å². The summed E-state index contributed by atoms with van der Waals surface area (Å²) in [6.45, 7) is 20.2. The fourth-order valence-corrected chi connectivity index (χ4v) is 4.85. The van der Waals surface area contributed by atoms with Gasteiger partial charge in [-0.1, -0.05) is 67.5 Å². The lowest BCUT2D eigenvalue weighted by Gasteiger charge is -2.54. The van der Waals surface area contributed by atoms with Crippen LogP contribution in [0.5, 0.6) is 0 Å². The van der Waals surface area contributed by atoms with E-state index < -0.39 is 0 Å². The molecule has 20 heavy (non-hydrogen) atoms.